The zero-order valence-corrected chi connectivity index (χ0v) is 13.1. The Morgan fingerprint density at radius 1 is 1.36 bits per heavy atom. The number of benzene rings is 1. The number of para-hydroxylation sites is 1. The molecular formula is C17H21N3O2. The second-order valence-electron chi connectivity index (χ2n) is 7.11. The number of amides is 1. The molecule has 3 atom stereocenters. The van der Waals surface area contributed by atoms with Crippen LogP contribution < -0.4 is 10.6 Å². The first-order valence-corrected chi connectivity index (χ1v) is 7.87. The summed E-state index contributed by atoms with van der Waals surface area (Å²) in [5, 5.41) is 11.7. The summed E-state index contributed by atoms with van der Waals surface area (Å²) in [6.07, 6.45) is 0. The SMILES string of the molecule is Cc1cccc2c(C(C)(C)NC(=O)C3C4CNC[C@H]43)noc12. The maximum Gasteiger partial charge on any atom is 0.224 e. The van der Waals surface area contributed by atoms with E-state index in [1.807, 2.05) is 39.0 Å². The number of hydrogen-bond acceptors (Lipinski definition) is 4. The van der Waals surface area contributed by atoms with Crippen molar-refractivity contribution in [3.05, 3.63) is 29.5 Å². The van der Waals surface area contributed by atoms with Crippen molar-refractivity contribution in [1.29, 1.82) is 0 Å². The van der Waals surface area contributed by atoms with Crippen LogP contribution >= 0.6 is 0 Å². The summed E-state index contributed by atoms with van der Waals surface area (Å²) in [5.74, 6) is 1.35. The number of carbonyl (C=O) groups is 1. The van der Waals surface area contributed by atoms with Crippen LogP contribution in [-0.4, -0.2) is 24.2 Å². The minimum Gasteiger partial charge on any atom is -0.356 e. The fraction of sp³-hybridized carbons (Fsp3) is 0.529. The van der Waals surface area contributed by atoms with Gasteiger partial charge in [-0.25, -0.2) is 0 Å². The number of aromatic nitrogens is 1. The Morgan fingerprint density at radius 2 is 2.09 bits per heavy atom. The molecule has 0 bridgehead atoms. The van der Waals surface area contributed by atoms with E-state index in [0.717, 1.165) is 35.3 Å². The van der Waals surface area contributed by atoms with Crippen LogP contribution in [0.3, 0.4) is 0 Å². The number of hydrogen-bond donors (Lipinski definition) is 2. The van der Waals surface area contributed by atoms with Crippen LogP contribution in [0.2, 0.25) is 0 Å². The standard InChI is InChI=1S/C17H21N3O2/c1-9-5-4-6-10-14(9)22-20-15(10)17(2,3)19-16(21)13-11-7-18-8-12(11)13/h4-6,11-13,18H,7-8H2,1-3H3,(H,19,21)/t11-,12?,13?/m1/s1. The van der Waals surface area contributed by atoms with E-state index in [-0.39, 0.29) is 11.8 Å². The molecule has 2 unspecified atom stereocenters. The molecule has 22 heavy (non-hydrogen) atoms. The van der Waals surface area contributed by atoms with Crippen molar-refractivity contribution in [1.82, 2.24) is 15.8 Å². The number of rotatable bonds is 3. The highest BCUT2D eigenvalue weighted by atomic mass is 16.5. The van der Waals surface area contributed by atoms with E-state index in [2.05, 4.69) is 15.8 Å². The molecule has 0 spiro atoms. The van der Waals surface area contributed by atoms with Gasteiger partial charge in [0.1, 0.15) is 5.69 Å². The normalized spacial score (nSPS) is 27.0. The Morgan fingerprint density at radius 3 is 2.82 bits per heavy atom. The fourth-order valence-electron chi connectivity index (χ4n) is 3.81. The minimum atomic E-state index is -0.541. The quantitative estimate of drug-likeness (QED) is 0.909. The van der Waals surface area contributed by atoms with Crippen LogP contribution in [0, 0.1) is 24.7 Å². The highest BCUT2D eigenvalue weighted by Crippen LogP contribution is 2.49. The monoisotopic (exact) mass is 299 g/mol. The van der Waals surface area contributed by atoms with Crippen LogP contribution in [-0.2, 0) is 10.3 Å². The number of fused-ring (bicyclic) bond motifs is 2. The van der Waals surface area contributed by atoms with Gasteiger partial charge in [0.15, 0.2) is 5.58 Å². The molecule has 1 aromatic carbocycles. The van der Waals surface area contributed by atoms with Crippen molar-refractivity contribution < 1.29 is 9.32 Å². The van der Waals surface area contributed by atoms with Gasteiger partial charge in [-0.2, -0.15) is 0 Å². The molecule has 1 aromatic heterocycles. The minimum absolute atomic E-state index is 0.144. The highest BCUT2D eigenvalue weighted by molar-refractivity contribution is 5.86. The van der Waals surface area contributed by atoms with E-state index in [4.69, 9.17) is 4.52 Å². The van der Waals surface area contributed by atoms with Gasteiger partial charge in [0.2, 0.25) is 5.91 Å². The predicted octanol–water partition coefficient (Wildman–Crippen LogP) is 1.95. The van der Waals surface area contributed by atoms with Gasteiger partial charge in [-0.05, 0) is 57.3 Å². The van der Waals surface area contributed by atoms with E-state index in [1.54, 1.807) is 0 Å². The summed E-state index contributed by atoms with van der Waals surface area (Å²) in [5.41, 5.74) is 2.11. The summed E-state index contributed by atoms with van der Waals surface area (Å²) < 4.78 is 5.49. The molecule has 4 rings (SSSR count). The Kier molecular flexibility index (Phi) is 2.85. The lowest BCUT2D eigenvalue weighted by Crippen LogP contribution is -2.43. The molecule has 1 aliphatic carbocycles. The van der Waals surface area contributed by atoms with Gasteiger partial charge in [0, 0.05) is 11.3 Å². The molecule has 1 amide bonds. The molecule has 5 heteroatoms. The lowest BCUT2D eigenvalue weighted by molar-refractivity contribution is -0.124. The Balaban J connectivity index is 1.59. The zero-order valence-electron chi connectivity index (χ0n) is 13.1. The molecule has 1 saturated carbocycles. The first kappa shape index (κ1) is 13.8. The third kappa shape index (κ3) is 1.96. The summed E-state index contributed by atoms with van der Waals surface area (Å²) >= 11 is 0. The third-order valence-electron chi connectivity index (χ3n) is 5.12. The number of nitrogens with one attached hydrogen (secondary N) is 2. The maximum atomic E-state index is 12.5. The highest BCUT2D eigenvalue weighted by Gasteiger charge is 2.57. The third-order valence-corrected chi connectivity index (χ3v) is 5.12. The predicted molar refractivity (Wildman–Crippen MR) is 83.3 cm³/mol. The summed E-state index contributed by atoms with van der Waals surface area (Å²) in [6, 6.07) is 5.99. The smallest absolute Gasteiger partial charge is 0.224 e. The van der Waals surface area contributed by atoms with Gasteiger partial charge in [-0.15, -0.1) is 0 Å². The van der Waals surface area contributed by atoms with E-state index < -0.39 is 5.54 Å². The van der Waals surface area contributed by atoms with Crippen LogP contribution in [0.15, 0.2) is 22.7 Å². The molecule has 0 radical (unpaired) electrons. The van der Waals surface area contributed by atoms with Crippen LogP contribution in [0.1, 0.15) is 25.1 Å². The molecule has 1 saturated heterocycles. The van der Waals surface area contributed by atoms with Gasteiger partial charge < -0.3 is 15.2 Å². The van der Waals surface area contributed by atoms with Crippen molar-refractivity contribution in [2.75, 3.05) is 13.1 Å². The Labute approximate surface area is 129 Å². The zero-order chi connectivity index (χ0) is 15.5. The van der Waals surface area contributed by atoms with Crippen LogP contribution in [0.4, 0.5) is 0 Å². The van der Waals surface area contributed by atoms with E-state index in [9.17, 15) is 4.79 Å². The maximum absolute atomic E-state index is 12.5. The molecule has 2 aliphatic rings. The first-order chi connectivity index (χ1) is 10.5. The van der Waals surface area contributed by atoms with E-state index in [1.165, 1.54) is 0 Å². The summed E-state index contributed by atoms with van der Waals surface area (Å²) in [6.45, 7) is 7.91. The van der Waals surface area contributed by atoms with Crippen molar-refractivity contribution >= 4 is 16.9 Å². The van der Waals surface area contributed by atoms with E-state index in [0.29, 0.717) is 11.8 Å². The fourth-order valence-corrected chi connectivity index (χ4v) is 3.81. The molecule has 2 fully saturated rings. The number of piperidine rings is 1. The van der Waals surface area contributed by atoms with Gasteiger partial charge in [-0.3, -0.25) is 4.79 Å². The molecule has 2 aromatic rings. The summed E-state index contributed by atoms with van der Waals surface area (Å²) in [4.78, 5) is 12.5. The lowest BCUT2D eigenvalue weighted by atomic mass is 9.96. The lowest BCUT2D eigenvalue weighted by Gasteiger charge is -2.24. The molecular weight excluding hydrogens is 278 g/mol. The van der Waals surface area contributed by atoms with Crippen molar-refractivity contribution in [3.8, 4) is 0 Å². The van der Waals surface area contributed by atoms with Crippen molar-refractivity contribution in [2.45, 2.75) is 26.3 Å². The first-order valence-electron chi connectivity index (χ1n) is 7.87. The Hall–Kier alpha value is -1.88. The number of carbonyl (C=O) groups excluding carboxylic acids is 1. The van der Waals surface area contributed by atoms with Crippen molar-refractivity contribution in [3.63, 3.8) is 0 Å². The molecule has 1 aliphatic heterocycles. The van der Waals surface area contributed by atoms with Crippen LogP contribution in [0.5, 0.6) is 0 Å². The Bertz CT molecular complexity index is 739. The van der Waals surface area contributed by atoms with Gasteiger partial charge >= 0.3 is 0 Å². The summed E-state index contributed by atoms with van der Waals surface area (Å²) in [7, 11) is 0. The second-order valence-corrected chi connectivity index (χ2v) is 7.11. The molecule has 2 heterocycles. The average molecular weight is 299 g/mol. The molecule has 2 N–H and O–H groups in total. The van der Waals surface area contributed by atoms with Gasteiger partial charge in [-0.1, -0.05) is 17.3 Å². The van der Waals surface area contributed by atoms with E-state index >= 15 is 0 Å². The number of aryl methyl sites for hydroxylation is 1. The van der Waals surface area contributed by atoms with Gasteiger partial charge in [0.25, 0.3) is 0 Å². The second kappa shape index (κ2) is 4.56. The molecule has 116 valence electrons. The average Bonchev–Trinajstić information content (AvgIpc) is 2.85. The topological polar surface area (TPSA) is 67.2 Å². The number of nitrogens with zero attached hydrogens (tertiary/aromatic N) is 1. The van der Waals surface area contributed by atoms with Crippen LogP contribution in [0.25, 0.3) is 11.0 Å². The largest absolute Gasteiger partial charge is 0.356 e. The van der Waals surface area contributed by atoms with Crippen molar-refractivity contribution in [2.24, 2.45) is 17.8 Å². The van der Waals surface area contributed by atoms with Gasteiger partial charge in [0.05, 0.1) is 5.54 Å². The molecule has 5 nitrogen and oxygen atoms in total.